The first-order valence-electron chi connectivity index (χ1n) is 11.2. The Balaban J connectivity index is 1.55. The zero-order valence-corrected chi connectivity index (χ0v) is 19.4. The highest BCUT2D eigenvalue weighted by atomic mass is 16.5. The van der Waals surface area contributed by atoms with E-state index in [1.807, 2.05) is 66.7 Å². The number of nitrogens with one attached hydrogen (secondary N) is 1. The number of furan rings is 1. The highest BCUT2D eigenvalue weighted by Gasteiger charge is 2.19. The molecular weight excluding hydrogens is 454 g/mol. The van der Waals surface area contributed by atoms with Gasteiger partial charge in [-0.3, -0.25) is 9.78 Å². The van der Waals surface area contributed by atoms with Gasteiger partial charge in [-0.15, -0.1) is 0 Å². The number of fused-ring (bicyclic) bond motifs is 1. The number of rotatable bonds is 7. The van der Waals surface area contributed by atoms with E-state index < -0.39 is 5.91 Å². The Labute approximate surface area is 207 Å². The number of pyridine rings is 1. The Morgan fingerprint density at radius 3 is 2.78 bits per heavy atom. The Kier molecular flexibility index (Phi) is 6.28. The van der Waals surface area contributed by atoms with Crippen LogP contribution < -0.4 is 10.1 Å². The largest absolute Gasteiger partial charge is 0.493 e. The molecule has 1 N–H and O–H groups in total. The first kappa shape index (κ1) is 22.6. The molecule has 0 saturated heterocycles. The fourth-order valence-electron chi connectivity index (χ4n) is 3.80. The van der Waals surface area contributed by atoms with Gasteiger partial charge < -0.3 is 14.5 Å². The van der Waals surface area contributed by atoms with Gasteiger partial charge in [-0.25, -0.2) is 4.68 Å². The summed E-state index contributed by atoms with van der Waals surface area (Å²) in [6.45, 7) is 0.255. The molecule has 0 aliphatic rings. The predicted octanol–water partition coefficient (Wildman–Crippen LogP) is 4.91. The third-order valence-electron chi connectivity index (χ3n) is 5.57. The molecule has 0 aliphatic carbocycles. The summed E-state index contributed by atoms with van der Waals surface area (Å²) in [7, 11) is 1.58. The minimum Gasteiger partial charge on any atom is -0.493 e. The quantitative estimate of drug-likeness (QED) is 0.265. The minimum atomic E-state index is -0.494. The number of benzene rings is 2. The van der Waals surface area contributed by atoms with E-state index in [9.17, 15) is 10.1 Å². The van der Waals surface area contributed by atoms with Crippen LogP contribution in [0.25, 0.3) is 34.2 Å². The number of nitrogens with zero attached hydrogens (tertiary/aromatic N) is 4. The summed E-state index contributed by atoms with van der Waals surface area (Å²) in [6.07, 6.45) is 6.60. The van der Waals surface area contributed by atoms with E-state index in [1.54, 1.807) is 36.4 Å². The Morgan fingerprint density at radius 2 is 2.03 bits per heavy atom. The maximum Gasteiger partial charge on any atom is 0.262 e. The van der Waals surface area contributed by atoms with Gasteiger partial charge in [0, 0.05) is 36.1 Å². The number of methoxy groups -OCH3 is 1. The van der Waals surface area contributed by atoms with Gasteiger partial charge in [0.1, 0.15) is 17.3 Å². The van der Waals surface area contributed by atoms with Gasteiger partial charge in [-0.05, 0) is 42.0 Å². The van der Waals surface area contributed by atoms with Crippen LogP contribution >= 0.6 is 0 Å². The van der Waals surface area contributed by atoms with Gasteiger partial charge >= 0.3 is 0 Å². The monoisotopic (exact) mass is 475 g/mol. The second kappa shape index (κ2) is 9.99. The lowest BCUT2D eigenvalue weighted by Gasteiger charge is -2.04. The molecule has 3 heterocycles. The van der Waals surface area contributed by atoms with E-state index in [2.05, 4.69) is 10.3 Å². The van der Waals surface area contributed by atoms with Crippen LogP contribution in [0, 0.1) is 11.3 Å². The maximum absolute atomic E-state index is 12.8. The van der Waals surface area contributed by atoms with Gasteiger partial charge in [-0.1, -0.05) is 36.4 Å². The van der Waals surface area contributed by atoms with Gasteiger partial charge in [0.15, 0.2) is 17.1 Å². The minimum absolute atomic E-state index is 0.0542. The second-order valence-corrected chi connectivity index (χ2v) is 7.92. The van der Waals surface area contributed by atoms with Crippen LogP contribution in [-0.2, 0) is 11.3 Å². The van der Waals surface area contributed by atoms with Crippen molar-refractivity contribution in [2.75, 3.05) is 7.11 Å². The van der Waals surface area contributed by atoms with Crippen molar-refractivity contribution in [3.63, 3.8) is 0 Å². The fourth-order valence-corrected chi connectivity index (χ4v) is 3.80. The van der Waals surface area contributed by atoms with E-state index in [1.165, 1.54) is 6.08 Å². The van der Waals surface area contributed by atoms with Crippen LogP contribution in [0.5, 0.6) is 5.75 Å². The second-order valence-electron chi connectivity index (χ2n) is 7.92. The molecular formula is C28H21N5O3. The van der Waals surface area contributed by atoms with E-state index in [-0.39, 0.29) is 12.1 Å². The summed E-state index contributed by atoms with van der Waals surface area (Å²) in [5, 5.41) is 18.1. The molecule has 8 heteroatoms. The molecule has 176 valence electrons. The van der Waals surface area contributed by atoms with Crippen molar-refractivity contribution in [1.29, 1.82) is 5.26 Å². The smallest absolute Gasteiger partial charge is 0.262 e. The average molecular weight is 476 g/mol. The van der Waals surface area contributed by atoms with Crippen molar-refractivity contribution in [2.45, 2.75) is 6.54 Å². The van der Waals surface area contributed by atoms with Crippen LogP contribution in [0.15, 0.2) is 95.3 Å². The molecule has 5 rings (SSSR count). The first-order chi connectivity index (χ1) is 17.7. The zero-order chi connectivity index (χ0) is 24.9. The first-order valence-corrected chi connectivity index (χ1v) is 11.2. The van der Waals surface area contributed by atoms with Crippen molar-refractivity contribution in [3.05, 3.63) is 102 Å². The standard InChI is InChI=1S/C28H21N5O3/c1-35-24-11-5-8-20-14-25(36-27(20)24)26-22(18-33(32-26)23-9-3-2-4-10-23)13-21(15-29)28(34)31-17-19-7-6-12-30-16-19/h2-14,16,18H,17H2,1H3,(H,31,34). The van der Waals surface area contributed by atoms with Crippen LogP contribution in [0.2, 0.25) is 0 Å². The number of para-hydroxylation sites is 2. The number of aromatic nitrogens is 3. The average Bonchev–Trinajstić information content (AvgIpc) is 3.55. The van der Waals surface area contributed by atoms with Crippen LogP contribution in [-0.4, -0.2) is 27.8 Å². The molecule has 0 spiro atoms. The molecule has 1 amide bonds. The summed E-state index contributed by atoms with van der Waals surface area (Å²) >= 11 is 0. The molecule has 0 unspecified atom stereocenters. The summed E-state index contributed by atoms with van der Waals surface area (Å²) in [4.78, 5) is 16.9. The van der Waals surface area contributed by atoms with Crippen molar-refractivity contribution in [2.24, 2.45) is 0 Å². The molecule has 5 aromatic rings. The third-order valence-corrected chi connectivity index (χ3v) is 5.57. The molecule has 3 aromatic heterocycles. The normalized spacial score (nSPS) is 11.3. The SMILES string of the molecule is COc1cccc2cc(-c3nn(-c4ccccc4)cc3C=C(C#N)C(=O)NCc3cccnc3)oc12. The van der Waals surface area contributed by atoms with Crippen LogP contribution in [0.1, 0.15) is 11.1 Å². The summed E-state index contributed by atoms with van der Waals surface area (Å²) < 4.78 is 13.2. The third kappa shape index (κ3) is 4.58. The number of nitriles is 1. The van der Waals surface area contributed by atoms with Gasteiger partial charge in [0.25, 0.3) is 5.91 Å². The number of hydrogen-bond donors (Lipinski definition) is 1. The maximum atomic E-state index is 12.8. The molecule has 8 nitrogen and oxygen atoms in total. The Bertz CT molecular complexity index is 1600. The van der Waals surface area contributed by atoms with Crippen LogP contribution in [0.4, 0.5) is 0 Å². The van der Waals surface area contributed by atoms with E-state index in [0.29, 0.717) is 28.4 Å². The fraction of sp³-hybridized carbons (Fsp3) is 0.0714. The number of carbonyl (C=O) groups excluding carboxylic acids is 1. The molecule has 0 atom stereocenters. The van der Waals surface area contributed by atoms with Crippen LogP contribution in [0.3, 0.4) is 0 Å². The number of hydrogen-bond acceptors (Lipinski definition) is 6. The summed E-state index contributed by atoms with van der Waals surface area (Å²) in [6, 6.07) is 22.7. The molecule has 36 heavy (non-hydrogen) atoms. The number of amides is 1. The number of carbonyl (C=O) groups is 1. The molecule has 0 radical (unpaired) electrons. The van der Waals surface area contributed by atoms with Crippen molar-refractivity contribution in [3.8, 4) is 29.0 Å². The zero-order valence-electron chi connectivity index (χ0n) is 19.4. The van der Waals surface area contributed by atoms with E-state index in [0.717, 1.165) is 16.6 Å². The molecule has 0 bridgehead atoms. The summed E-state index contributed by atoms with van der Waals surface area (Å²) in [5.74, 6) is 0.598. The Hall–Kier alpha value is -5.16. The highest BCUT2D eigenvalue weighted by molar-refractivity contribution is 6.02. The van der Waals surface area contributed by atoms with Crippen molar-refractivity contribution >= 4 is 23.0 Å². The van der Waals surface area contributed by atoms with Gasteiger partial charge in [0.2, 0.25) is 0 Å². The van der Waals surface area contributed by atoms with E-state index in [4.69, 9.17) is 14.3 Å². The lowest BCUT2D eigenvalue weighted by Crippen LogP contribution is -2.24. The van der Waals surface area contributed by atoms with Gasteiger partial charge in [-0.2, -0.15) is 10.4 Å². The Morgan fingerprint density at radius 1 is 1.17 bits per heavy atom. The molecule has 0 fully saturated rings. The van der Waals surface area contributed by atoms with Crippen molar-refractivity contribution < 1.29 is 13.9 Å². The van der Waals surface area contributed by atoms with Gasteiger partial charge in [0.05, 0.1) is 12.8 Å². The topological polar surface area (TPSA) is 106 Å². The molecule has 0 saturated carbocycles. The lowest BCUT2D eigenvalue weighted by atomic mass is 10.1. The lowest BCUT2D eigenvalue weighted by molar-refractivity contribution is -0.117. The number of ether oxygens (including phenoxy) is 1. The molecule has 2 aromatic carbocycles. The van der Waals surface area contributed by atoms with E-state index >= 15 is 0 Å². The highest BCUT2D eigenvalue weighted by Crippen LogP contribution is 2.35. The molecule has 0 aliphatic heterocycles. The summed E-state index contributed by atoms with van der Waals surface area (Å²) in [5.41, 5.74) is 3.24. The predicted molar refractivity (Wildman–Crippen MR) is 135 cm³/mol. The van der Waals surface area contributed by atoms with Crippen molar-refractivity contribution in [1.82, 2.24) is 20.1 Å².